The summed E-state index contributed by atoms with van der Waals surface area (Å²) in [6, 6.07) is 8.15. The van der Waals surface area contributed by atoms with E-state index < -0.39 is 35.8 Å². The summed E-state index contributed by atoms with van der Waals surface area (Å²) in [5, 5.41) is 0. The maximum absolute atomic E-state index is 15.5. The monoisotopic (exact) mass is 417 g/mol. The average Bonchev–Trinajstić information content (AvgIpc) is 3.51. The van der Waals surface area contributed by atoms with Crippen molar-refractivity contribution in [1.82, 2.24) is 4.90 Å². The van der Waals surface area contributed by atoms with E-state index in [1.807, 2.05) is 30.3 Å². The second-order valence-electron chi connectivity index (χ2n) is 10.0. The molecule has 5 atom stereocenters. The van der Waals surface area contributed by atoms with Crippen molar-refractivity contribution in [3.8, 4) is 0 Å². The molecular formula is C24H32FNO4. The number of piperidine rings is 2. The van der Waals surface area contributed by atoms with Crippen molar-refractivity contribution in [3.05, 3.63) is 35.9 Å². The van der Waals surface area contributed by atoms with Gasteiger partial charge in [0.25, 0.3) is 0 Å². The van der Waals surface area contributed by atoms with E-state index in [2.05, 4.69) is 0 Å². The van der Waals surface area contributed by atoms with Crippen molar-refractivity contribution in [2.75, 3.05) is 0 Å². The molecule has 0 radical (unpaired) electrons. The molecule has 30 heavy (non-hydrogen) atoms. The number of amides is 1. The summed E-state index contributed by atoms with van der Waals surface area (Å²) >= 11 is 0. The van der Waals surface area contributed by atoms with Gasteiger partial charge in [-0.25, -0.2) is 14.0 Å². The number of ether oxygens (including phenoxy) is 2. The molecule has 1 aromatic rings. The molecule has 5 rings (SSSR count). The number of fused-ring (bicyclic) bond motifs is 3. The molecule has 4 fully saturated rings. The van der Waals surface area contributed by atoms with Crippen LogP contribution in [0, 0.1) is 17.8 Å². The summed E-state index contributed by atoms with van der Waals surface area (Å²) < 4.78 is 26.7. The third-order valence-electron chi connectivity index (χ3n) is 6.54. The van der Waals surface area contributed by atoms with Gasteiger partial charge in [-0.1, -0.05) is 43.2 Å². The van der Waals surface area contributed by atoms with Crippen molar-refractivity contribution in [1.29, 1.82) is 0 Å². The lowest BCUT2D eigenvalue weighted by Gasteiger charge is -2.55. The number of alkyl halides is 1. The molecule has 4 aliphatic rings. The fraction of sp³-hybridized carbons (Fsp3) is 0.667. The quantitative estimate of drug-likeness (QED) is 0.641. The molecule has 0 spiro atoms. The number of rotatable bonds is 5. The van der Waals surface area contributed by atoms with Gasteiger partial charge in [-0.15, -0.1) is 0 Å². The number of halogens is 1. The Morgan fingerprint density at radius 2 is 1.80 bits per heavy atom. The first kappa shape index (κ1) is 21.1. The summed E-state index contributed by atoms with van der Waals surface area (Å²) in [7, 11) is 0. The second-order valence-corrected chi connectivity index (χ2v) is 10.0. The van der Waals surface area contributed by atoms with Crippen molar-refractivity contribution in [2.45, 2.75) is 83.3 Å². The van der Waals surface area contributed by atoms with E-state index in [9.17, 15) is 9.59 Å². The van der Waals surface area contributed by atoms with Crippen LogP contribution in [0.1, 0.15) is 58.4 Å². The van der Waals surface area contributed by atoms with Crippen LogP contribution >= 0.6 is 0 Å². The largest absolute Gasteiger partial charge is 0.459 e. The Bertz CT molecular complexity index is 773. The summed E-state index contributed by atoms with van der Waals surface area (Å²) in [4.78, 5) is 27.7. The first-order chi connectivity index (χ1) is 14.2. The van der Waals surface area contributed by atoms with Crippen LogP contribution in [0.25, 0.3) is 0 Å². The third kappa shape index (κ3) is 4.47. The fourth-order valence-electron chi connectivity index (χ4n) is 5.05. The van der Waals surface area contributed by atoms with Crippen LogP contribution in [0.15, 0.2) is 30.3 Å². The maximum Gasteiger partial charge on any atom is 0.411 e. The topological polar surface area (TPSA) is 55.8 Å². The van der Waals surface area contributed by atoms with E-state index in [0.717, 1.165) is 24.8 Å². The van der Waals surface area contributed by atoms with Gasteiger partial charge in [0.1, 0.15) is 24.4 Å². The fourth-order valence-corrected chi connectivity index (χ4v) is 5.05. The number of esters is 1. The lowest BCUT2D eigenvalue weighted by molar-refractivity contribution is -0.170. The Hall–Kier alpha value is -2.11. The molecule has 2 aliphatic heterocycles. The molecule has 0 unspecified atom stereocenters. The summed E-state index contributed by atoms with van der Waals surface area (Å²) in [6.45, 7) is 5.51. The lowest BCUT2D eigenvalue weighted by Crippen LogP contribution is -2.68. The number of nitrogens with zero attached hydrogens (tertiary/aromatic N) is 1. The van der Waals surface area contributed by atoms with Gasteiger partial charge in [0.05, 0.1) is 0 Å². The normalized spacial score (nSPS) is 30.8. The van der Waals surface area contributed by atoms with E-state index >= 15 is 4.39 Å². The van der Waals surface area contributed by atoms with Crippen LogP contribution in [-0.4, -0.2) is 40.8 Å². The number of hydrogen-bond donors (Lipinski definition) is 0. The van der Waals surface area contributed by atoms with Gasteiger partial charge >= 0.3 is 12.1 Å². The van der Waals surface area contributed by atoms with Gasteiger partial charge in [0.2, 0.25) is 0 Å². The predicted molar refractivity (Wildman–Crippen MR) is 110 cm³/mol. The highest BCUT2D eigenvalue weighted by Crippen LogP contribution is 2.50. The highest BCUT2D eigenvalue weighted by Gasteiger charge is 2.59. The number of carbonyl (C=O) groups is 2. The predicted octanol–water partition coefficient (Wildman–Crippen LogP) is 4.88. The van der Waals surface area contributed by atoms with Crippen molar-refractivity contribution in [2.24, 2.45) is 17.8 Å². The highest BCUT2D eigenvalue weighted by molar-refractivity contribution is 5.83. The van der Waals surface area contributed by atoms with Crippen LogP contribution in [-0.2, 0) is 20.9 Å². The summed E-state index contributed by atoms with van der Waals surface area (Å²) in [5.74, 6) is -0.736. The average molecular weight is 418 g/mol. The zero-order chi connectivity index (χ0) is 21.5. The Labute approximate surface area is 177 Å². The third-order valence-corrected chi connectivity index (χ3v) is 6.54. The summed E-state index contributed by atoms with van der Waals surface area (Å²) in [5.41, 5.74) is 0.173. The van der Waals surface area contributed by atoms with Gasteiger partial charge < -0.3 is 9.47 Å². The minimum Gasteiger partial charge on any atom is -0.459 e. The van der Waals surface area contributed by atoms with Gasteiger partial charge in [-0.2, -0.15) is 0 Å². The number of benzene rings is 1. The zero-order valence-electron chi connectivity index (χ0n) is 18.1. The Balaban J connectivity index is 1.55. The highest BCUT2D eigenvalue weighted by atomic mass is 19.1. The van der Waals surface area contributed by atoms with Crippen molar-refractivity contribution < 1.29 is 23.5 Å². The van der Waals surface area contributed by atoms with Crippen LogP contribution in [0.3, 0.4) is 0 Å². The molecule has 2 saturated carbocycles. The molecule has 6 heteroatoms. The van der Waals surface area contributed by atoms with Crippen LogP contribution < -0.4 is 0 Å². The molecule has 5 nitrogen and oxygen atoms in total. The SMILES string of the molecule is CC(C)(C)OC(=O)N1[C@H](C(=O)OCc2ccccc2)[C@@H]2CC[C@H]1[C@@H](CC1CC1)[C@H]2F. The molecule has 0 aromatic heterocycles. The van der Waals surface area contributed by atoms with E-state index in [-0.39, 0.29) is 18.6 Å². The Kier molecular flexibility index (Phi) is 5.78. The molecule has 164 valence electrons. The summed E-state index contributed by atoms with van der Waals surface area (Å²) in [6.07, 6.45) is 2.74. The Morgan fingerprint density at radius 1 is 1.10 bits per heavy atom. The molecule has 2 bridgehead atoms. The minimum atomic E-state index is -1.09. The smallest absolute Gasteiger partial charge is 0.411 e. The number of carbonyl (C=O) groups excluding carboxylic acids is 2. The molecule has 2 heterocycles. The molecular weight excluding hydrogens is 385 g/mol. The second kappa shape index (κ2) is 8.20. The van der Waals surface area contributed by atoms with Gasteiger partial charge in [-0.05, 0) is 51.5 Å². The molecule has 1 aromatic carbocycles. The first-order valence-corrected chi connectivity index (χ1v) is 11.1. The van der Waals surface area contributed by atoms with Gasteiger partial charge in [0.15, 0.2) is 0 Å². The standard InChI is InChI=1S/C24H32FNO4/c1-24(2,3)30-23(28)26-19-12-11-17(20(25)18(19)13-15-9-10-15)21(26)22(27)29-14-16-7-5-4-6-8-16/h4-8,15,17-21H,9-14H2,1-3H3/t17-,18-,19+,20+,21+/m1/s1. The Morgan fingerprint density at radius 3 is 2.43 bits per heavy atom. The first-order valence-electron chi connectivity index (χ1n) is 11.1. The van der Waals surface area contributed by atoms with E-state index in [4.69, 9.17) is 9.47 Å². The zero-order valence-corrected chi connectivity index (χ0v) is 18.1. The van der Waals surface area contributed by atoms with Crippen LogP contribution in [0.4, 0.5) is 9.18 Å². The minimum absolute atomic E-state index is 0.109. The van der Waals surface area contributed by atoms with Gasteiger partial charge in [-0.3, -0.25) is 4.90 Å². The molecule has 2 saturated heterocycles. The maximum atomic E-state index is 15.5. The van der Waals surface area contributed by atoms with Gasteiger partial charge in [0, 0.05) is 17.9 Å². The van der Waals surface area contributed by atoms with Crippen LogP contribution in [0.5, 0.6) is 0 Å². The van der Waals surface area contributed by atoms with E-state index in [1.165, 1.54) is 4.90 Å². The van der Waals surface area contributed by atoms with Crippen molar-refractivity contribution in [3.63, 3.8) is 0 Å². The number of hydrogen-bond acceptors (Lipinski definition) is 4. The van der Waals surface area contributed by atoms with Crippen LogP contribution in [0.2, 0.25) is 0 Å². The molecule has 2 aliphatic carbocycles. The molecule has 1 amide bonds. The van der Waals surface area contributed by atoms with Crippen molar-refractivity contribution >= 4 is 12.1 Å². The van der Waals surface area contributed by atoms with E-state index in [0.29, 0.717) is 18.8 Å². The molecule has 0 N–H and O–H groups in total. The lowest BCUT2D eigenvalue weighted by atomic mass is 9.66. The van der Waals surface area contributed by atoms with E-state index in [1.54, 1.807) is 20.8 Å².